The van der Waals surface area contributed by atoms with Crippen LogP contribution >= 0.6 is 0 Å². The van der Waals surface area contributed by atoms with Crippen molar-refractivity contribution in [2.24, 2.45) is 0 Å². The molecule has 1 unspecified atom stereocenters. The first-order valence-corrected chi connectivity index (χ1v) is 5.77. The lowest BCUT2D eigenvalue weighted by molar-refractivity contribution is -0.146. The SMILES string of the molecule is CCOC(=O)C(C)n1cnc2ccccc2c1=O. The van der Waals surface area contributed by atoms with E-state index in [1.807, 2.05) is 6.07 Å². The smallest absolute Gasteiger partial charge is 0.328 e. The Morgan fingerprint density at radius 3 is 2.89 bits per heavy atom. The second-order valence-corrected chi connectivity index (χ2v) is 3.90. The van der Waals surface area contributed by atoms with Gasteiger partial charge in [-0.05, 0) is 26.0 Å². The number of carbonyl (C=O) groups is 1. The summed E-state index contributed by atoms with van der Waals surface area (Å²) in [5.74, 6) is -0.434. The molecule has 0 aliphatic carbocycles. The number of rotatable bonds is 3. The van der Waals surface area contributed by atoms with Gasteiger partial charge in [0.25, 0.3) is 5.56 Å². The Balaban J connectivity index is 2.49. The lowest BCUT2D eigenvalue weighted by atomic mass is 10.2. The summed E-state index contributed by atoms with van der Waals surface area (Å²) >= 11 is 0. The fourth-order valence-electron chi connectivity index (χ4n) is 1.74. The molecule has 1 atom stereocenters. The van der Waals surface area contributed by atoms with Crippen LogP contribution in [0.5, 0.6) is 0 Å². The number of hydrogen-bond acceptors (Lipinski definition) is 4. The number of ether oxygens (including phenoxy) is 1. The Labute approximate surface area is 104 Å². The van der Waals surface area contributed by atoms with E-state index in [0.717, 1.165) is 0 Å². The highest BCUT2D eigenvalue weighted by atomic mass is 16.5. The molecule has 5 heteroatoms. The van der Waals surface area contributed by atoms with Crippen molar-refractivity contribution >= 4 is 16.9 Å². The average molecular weight is 246 g/mol. The molecule has 0 saturated carbocycles. The minimum atomic E-state index is -0.672. The third kappa shape index (κ3) is 2.11. The van der Waals surface area contributed by atoms with E-state index >= 15 is 0 Å². The zero-order valence-corrected chi connectivity index (χ0v) is 10.3. The highest BCUT2D eigenvalue weighted by Gasteiger charge is 2.18. The highest BCUT2D eigenvalue weighted by Crippen LogP contribution is 2.09. The van der Waals surface area contributed by atoms with Crippen molar-refractivity contribution in [1.82, 2.24) is 9.55 Å². The average Bonchev–Trinajstić information content (AvgIpc) is 2.39. The van der Waals surface area contributed by atoms with Gasteiger partial charge in [-0.1, -0.05) is 12.1 Å². The third-order valence-corrected chi connectivity index (χ3v) is 2.74. The second-order valence-electron chi connectivity index (χ2n) is 3.90. The van der Waals surface area contributed by atoms with Crippen molar-refractivity contribution in [3.8, 4) is 0 Å². The lowest BCUT2D eigenvalue weighted by Crippen LogP contribution is -2.29. The summed E-state index contributed by atoms with van der Waals surface area (Å²) in [5.41, 5.74) is 0.385. The van der Waals surface area contributed by atoms with E-state index in [-0.39, 0.29) is 5.56 Å². The van der Waals surface area contributed by atoms with Gasteiger partial charge >= 0.3 is 5.97 Å². The molecule has 0 radical (unpaired) electrons. The van der Waals surface area contributed by atoms with Crippen molar-refractivity contribution < 1.29 is 9.53 Å². The predicted molar refractivity (Wildman–Crippen MR) is 67.3 cm³/mol. The Kier molecular flexibility index (Phi) is 3.41. The first-order chi connectivity index (χ1) is 8.65. The van der Waals surface area contributed by atoms with E-state index in [1.165, 1.54) is 10.9 Å². The van der Waals surface area contributed by atoms with E-state index in [0.29, 0.717) is 17.5 Å². The van der Waals surface area contributed by atoms with Crippen LogP contribution in [0.1, 0.15) is 19.9 Å². The van der Waals surface area contributed by atoms with Crippen LogP contribution in [-0.4, -0.2) is 22.1 Å². The fraction of sp³-hybridized carbons (Fsp3) is 0.308. The van der Waals surface area contributed by atoms with Crippen LogP contribution in [0, 0.1) is 0 Å². The van der Waals surface area contributed by atoms with Gasteiger partial charge in [0.1, 0.15) is 6.04 Å². The molecule has 18 heavy (non-hydrogen) atoms. The number of hydrogen-bond donors (Lipinski definition) is 0. The molecule has 5 nitrogen and oxygen atoms in total. The molecule has 1 heterocycles. The molecular weight excluding hydrogens is 232 g/mol. The van der Waals surface area contributed by atoms with E-state index in [9.17, 15) is 9.59 Å². The zero-order chi connectivity index (χ0) is 13.1. The largest absolute Gasteiger partial charge is 0.464 e. The molecule has 1 aromatic carbocycles. The van der Waals surface area contributed by atoms with E-state index in [2.05, 4.69) is 4.98 Å². The van der Waals surface area contributed by atoms with Gasteiger partial charge in [-0.15, -0.1) is 0 Å². The number of benzene rings is 1. The number of esters is 1. The lowest BCUT2D eigenvalue weighted by Gasteiger charge is -2.13. The number of aromatic nitrogens is 2. The Hall–Kier alpha value is -2.17. The standard InChI is InChI=1S/C13H14N2O3/c1-3-18-13(17)9(2)15-8-14-11-7-5-4-6-10(11)12(15)16/h4-9H,3H2,1-2H3. The van der Waals surface area contributed by atoms with Crippen molar-refractivity contribution in [3.05, 3.63) is 40.9 Å². The molecule has 0 amide bonds. The van der Waals surface area contributed by atoms with Crippen molar-refractivity contribution in [2.75, 3.05) is 6.61 Å². The third-order valence-electron chi connectivity index (χ3n) is 2.74. The number of carbonyl (C=O) groups excluding carboxylic acids is 1. The van der Waals surface area contributed by atoms with E-state index < -0.39 is 12.0 Å². The summed E-state index contributed by atoms with van der Waals surface area (Å²) in [5, 5.41) is 0.496. The fourth-order valence-corrected chi connectivity index (χ4v) is 1.74. The maximum atomic E-state index is 12.2. The second kappa shape index (κ2) is 5.00. The van der Waals surface area contributed by atoms with Gasteiger partial charge in [-0.3, -0.25) is 9.36 Å². The molecule has 0 N–H and O–H groups in total. The maximum absolute atomic E-state index is 12.2. The van der Waals surface area contributed by atoms with Crippen LogP contribution in [0.4, 0.5) is 0 Å². The van der Waals surface area contributed by atoms with Gasteiger partial charge in [-0.25, -0.2) is 9.78 Å². The van der Waals surface area contributed by atoms with Crippen LogP contribution in [-0.2, 0) is 9.53 Å². The van der Waals surface area contributed by atoms with Gasteiger partial charge in [0, 0.05) is 0 Å². The van der Waals surface area contributed by atoms with Crippen LogP contribution in [0.3, 0.4) is 0 Å². The molecule has 2 aromatic rings. The summed E-state index contributed by atoms with van der Waals surface area (Å²) in [6, 6.07) is 6.36. The normalized spacial score (nSPS) is 12.3. The number of para-hydroxylation sites is 1. The van der Waals surface area contributed by atoms with E-state index in [1.54, 1.807) is 32.0 Å². The minimum Gasteiger partial charge on any atom is -0.464 e. The Morgan fingerprint density at radius 1 is 1.44 bits per heavy atom. The zero-order valence-electron chi connectivity index (χ0n) is 10.3. The minimum absolute atomic E-state index is 0.235. The van der Waals surface area contributed by atoms with Crippen LogP contribution in [0.2, 0.25) is 0 Å². The molecule has 0 spiro atoms. The Bertz CT molecular complexity index is 633. The summed E-state index contributed by atoms with van der Waals surface area (Å²) in [6.45, 7) is 3.64. The monoisotopic (exact) mass is 246 g/mol. The quantitative estimate of drug-likeness (QED) is 0.770. The summed E-state index contributed by atoms with van der Waals surface area (Å²) < 4.78 is 6.19. The van der Waals surface area contributed by atoms with Crippen molar-refractivity contribution in [3.63, 3.8) is 0 Å². The molecule has 0 aliphatic rings. The molecule has 94 valence electrons. The first kappa shape index (κ1) is 12.3. The number of nitrogens with zero attached hydrogens (tertiary/aromatic N) is 2. The number of fused-ring (bicyclic) bond motifs is 1. The molecule has 0 saturated heterocycles. The molecular formula is C13H14N2O3. The van der Waals surface area contributed by atoms with Gasteiger partial charge in [0.05, 0.1) is 23.8 Å². The van der Waals surface area contributed by atoms with Crippen LogP contribution in [0.15, 0.2) is 35.4 Å². The van der Waals surface area contributed by atoms with Crippen LogP contribution in [0.25, 0.3) is 10.9 Å². The predicted octanol–water partition coefficient (Wildman–Crippen LogP) is 1.52. The topological polar surface area (TPSA) is 61.2 Å². The van der Waals surface area contributed by atoms with Gasteiger partial charge in [-0.2, -0.15) is 0 Å². The maximum Gasteiger partial charge on any atom is 0.328 e. The molecule has 0 aliphatic heterocycles. The van der Waals surface area contributed by atoms with Crippen LogP contribution < -0.4 is 5.56 Å². The van der Waals surface area contributed by atoms with E-state index in [4.69, 9.17) is 4.74 Å². The molecule has 1 aromatic heterocycles. The molecule has 0 bridgehead atoms. The van der Waals surface area contributed by atoms with Crippen molar-refractivity contribution in [2.45, 2.75) is 19.9 Å². The summed E-state index contributed by atoms with van der Waals surface area (Å²) in [7, 11) is 0. The molecule has 2 rings (SSSR count). The Morgan fingerprint density at radius 2 is 2.17 bits per heavy atom. The van der Waals surface area contributed by atoms with Gasteiger partial charge in [0.2, 0.25) is 0 Å². The summed E-state index contributed by atoms with van der Waals surface area (Å²) in [4.78, 5) is 28.0. The van der Waals surface area contributed by atoms with Crippen molar-refractivity contribution in [1.29, 1.82) is 0 Å². The highest BCUT2D eigenvalue weighted by molar-refractivity contribution is 5.78. The van der Waals surface area contributed by atoms with Gasteiger partial charge in [0.15, 0.2) is 0 Å². The van der Waals surface area contributed by atoms with Gasteiger partial charge < -0.3 is 4.74 Å². The first-order valence-electron chi connectivity index (χ1n) is 5.77. The summed E-state index contributed by atoms with van der Waals surface area (Å²) in [6.07, 6.45) is 1.38. The molecule has 0 fully saturated rings.